The number of aromatic nitrogens is 1. The van der Waals surface area contributed by atoms with E-state index in [0.717, 1.165) is 5.56 Å². The number of carbonyl (C=O) groups is 2. The number of hydrogen-bond acceptors (Lipinski definition) is 8. The van der Waals surface area contributed by atoms with Crippen molar-refractivity contribution in [3.8, 4) is 17.2 Å². The first-order valence-corrected chi connectivity index (χ1v) is 12.8. The zero-order chi connectivity index (χ0) is 29.4. The predicted octanol–water partition coefficient (Wildman–Crippen LogP) is 3.31. The second-order valence-corrected chi connectivity index (χ2v) is 9.23. The fourth-order valence-corrected chi connectivity index (χ4v) is 4.12. The molecule has 0 unspecified atom stereocenters. The van der Waals surface area contributed by atoms with Crippen LogP contribution in [0.5, 0.6) is 17.2 Å². The Kier molecular flexibility index (Phi) is 9.74. The number of pyridine rings is 1. The second kappa shape index (κ2) is 13.6. The van der Waals surface area contributed by atoms with Gasteiger partial charge in [0.15, 0.2) is 16.7 Å². The lowest BCUT2D eigenvalue weighted by Crippen LogP contribution is -2.40. The number of anilines is 1. The first kappa shape index (κ1) is 29.3. The molecule has 5 N–H and O–H groups in total. The Morgan fingerprint density at radius 3 is 2.44 bits per heavy atom. The molecule has 0 fully saturated rings. The van der Waals surface area contributed by atoms with Crippen LogP contribution < -0.4 is 25.4 Å². The maximum absolute atomic E-state index is 15.0. The molecule has 0 spiro atoms. The van der Waals surface area contributed by atoms with Crippen LogP contribution in [0.4, 0.5) is 10.1 Å². The number of ether oxygens (including phenoxy) is 2. The average Bonchev–Trinajstić information content (AvgIpc) is 2.96. The normalized spacial score (nSPS) is 10.8. The van der Waals surface area contributed by atoms with Gasteiger partial charge in [0.1, 0.15) is 11.5 Å². The monoisotopic (exact) mass is 578 g/mol. The Labute approximate surface area is 240 Å². The van der Waals surface area contributed by atoms with E-state index in [1.54, 1.807) is 0 Å². The molecule has 1 aromatic heterocycles. The van der Waals surface area contributed by atoms with E-state index in [2.05, 4.69) is 20.9 Å². The van der Waals surface area contributed by atoms with Gasteiger partial charge in [0, 0.05) is 29.4 Å². The first-order valence-electron chi connectivity index (χ1n) is 12.4. The summed E-state index contributed by atoms with van der Waals surface area (Å²) in [4.78, 5) is 29.3. The molecule has 4 rings (SSSR count). The highest BCUT2D eigenvalue weighted by Crippen LogP contribution is 2.34. The third kappa shape index (κ3) is 7.51. The molecule has 0 bridgehead atoms. The van der Waals surface area contributed by atoms with Crippen LogP contribution >= 0.6 is 12.2 Å². The fraction of sp³-hybridized carbons (Fsp3) is 0.172. The summed E-state index contributed by atoms with van der Waals surface area (Å²) in [5, 5.41) is 26.9. The smallest absolute Gasteiger partial charge is 0.255 e. The summed E-state index contributed by atoms with van der Waals surface area (Å²) < 4.78 is 26.2. The van der Waals surface area contributed by atoms with E-state index in [1.807, 2.05) is 30.3 Å². The van der Waals surface area contributed by atoms with Crippen molar-refractivity contribution in [1.29, 1.82) is 0 Å². The van der Waals surface area contributed by atoms with Gasteiger partial charge in [-0.05, 0) is 42.0 Å². The molecule has 10 nitrogen and oxygen atoms in total. The number of nitrogens with zero attached hydrogens (tertiary/aromatic N) is 1. The molecule has 1 heterocycles. The van der Waals surface area contributed by atoms with Gasteiger partial charge in [-0.25, -0.2) is 4.39 Å². The molecule has 0 radical (unpaired) electrons. The third-order valence-corrected chi connectivity index (χ3v) is 6.12. The van der Waals surface area contributed by atoms with Crippen LogP contribution in [0.1, 0.15) is 15.9 Å². The van der Waals surface area contributed by atoms with E-state index < -0.39 is 31.0 Å². The van der Waals surface area contributed by atoms with Crippen LogP contribution in [0.15, 0.2) is 72.9 Å². The average molecular weight is 579 g/mol. The maximum atomic E-state index is 15.0. The zero-order valence-electron chi connectivity index (χ0n) is 21.9. The Morgan fingerprint density at radius 1 is 1.00 bits per heavy atom. The number of halogens is 1. The lowest BCUT2D eigenvalue weighted by molar-refractivity contribution is -0.119. The third-order valence-electron chi connectivity index (χ3n) is 5.91. The Balaban J connectivity index is 1.50. The van der Waals surface area contributed by atoms with Crippen LogP contribution in [0, 0.1) is 5.82 Å². The van der Waals surface area contributed by atoms with Gasteiger partial charge >= 0.3 is 0 Å². The molecule has 0 aliphatic carbocycles. The van der Waals surface area contributed by atoms with Crippen LogP contribution in [-0.2, 0) is 11.2 Å². The predicted molar refractivity (Wildman–Crippen MR) is 155 cm³/mol. The van der Waals surface area contributed by atoms with E-state index >= 15 is 4.39 Å². The number of benzene rings is 3. The number of methoxy groups -OCH3 is 1. The Morgan fingerprint density at radius 2 is 1.76 bits per heavy atom. The number of thiocarbonyl (C=S) groups is 1. The summed E-state index contributed by atoms with van der Waals surface area (Å²) in [6.45, 7) is -0.911. The van der Waals surface area contributed by atoms with Gasteiger partial charge in [0.25, 0.3) is 5.91 Å². The highest BCUT2D eigenvalue weighted by Gasteiger charge is 2.19. The van der Waals surface area contributed by atoms with Crippen molar-refractivity contribution in [2.45, 2.75) is 12.5 Å². The van der Waals surface area contributed by atoms with Crippen LogP contribution in [0.25, 0.3) is 10.9 Å². The van der Waals surface area contributed by atoms with Gasteiger partial charge in [-0.15, -0.1) is 0 Å². The van der Waals surface area contributed by atoms with E-state index in [-0.39, 0.29) is 40.3 Å². The van der Waals surface area contributed by atoms with Gasteiger partial charge in [-0.1, -0.05) is 30.3 Å². The van der Waals surface area contributed by atoms with E-state index in [4.69, 9.17) is 21.7 Å². The molecule has 0 aliphatic heterocycles. The van der Waals surface area contributed by atoms with E-state index in [1.165, 1.54) is 49.7 Å². The topological polar surface area (TPSA) is 142 Å². The number of fused-ring (bicyclic) bond motifs is 1. The van der Waals surface area contributed by atoms with Gasteiger partial charge in [0.05, 0.1) is 43.9 Å². The largest absolute Gasteiger partial charge is 0.496 e. The minimum absolute atomic E-state index is 0.0171. The fourth-order valence-electron chi connectivity index (χ4n) is 3.89. The van der Waals surface area contributed by atoms with Gasteiger partial charge in [0.2, 0.25) is 5.91 Å². The van der Waals surface area contributed by atoms with Crippen LogP contribution in [0.3, 0.4) is 0 Å². The number of rotatable bonds is 10. The standard InChI is InChI=1S/C29H27FN4O6S/c1-39-26-14-23-20(13-21(26)28(38)32-19(15-35)16-36)24(9-10-31-23)40-25-8-7-18(12-22(25)30)33-29(41)34-27(37)11-17-5-3-2-4-6-17/h2-10,12-14,19,35-36H,11,15-16H2,1H3,(H,32,38)(H2,33,34,37,41). The van der Waals surface area contributed by atoms with E-state index in [0.29, 0.717) is 16.6 Å². The summed E-state index contributed by atoms with van der Waals surface area (Å²) in [6, 6.07) is 16.9. The summed E-state index contributed by atoms with van der Waals surface area (Å²) >= 11 is 5.18. The summed E-state index contributed by atoms with van der Waals surface area (Å²) in [7, 11) is 1.39. The van der Waals surface area contributed by atoms with Crippen molar-refractivity contribution in [3.05, 3.63) is 89.9 Å². The molecule has 0 saturated carbocycles. The summed E-state index contributed by atoms with van der Waals surface area (Å²) in [6.07, 6.45) is 1.61. The maximum Gasteiger partial charge on any atom is 0.255 e. The minimum atomic E-state index is -0.862. The lowest BCUT2D eigenvalue weighted by Gasteiger charge is -2.16. The molecule has 0 atom stereocenters. The number of carbonyl (C=O) groups excluding carboxylic acids is 2. The van der Waals surface area contributed by atoms with Gasteiger partial charge in [-0.2, -0.15) is 0 Å². The molecular weight excluding hydrogens is 551 g/mol. The molecule has 0 aliphatic rings. The molecular formula is C29H27FN4O6S. The molecule has 3 aromatic carbocycles. The minimum Gasteiger partial charge on any atom is -0.496 e. The number of aliphatic hydroxyl groups excluding tert-OH is 2. The highest BCUT2D eigenvalue weighted by molar-refractivity contribution is 7.80. The lowest BCUT2D eigenvalue weighted by atomic mass is 10.1. The Bertz CT molecular complexity index is 1570. The quantitative estimate of drug-likeness (QED) is 0.179. The first-order chi connectivity index (χ1) is 19.8. The highest BCUT2D eigenvalue weighted by atomic mass is 32.1. The number of hydrogen-bond donors (Lipinski definition) is 5. The number of amides is 2. The SMILES string of the molecule is COc1cc2nccc(Oc3ccc(NC(=S)NC(=O)Cc4ccccc4)cc3F)c2cc1C(=O)NC(CO)CO. The van der Waals surface area contributed by atoms with Crippen LogP contribution in [0.2, 0.25) is 0 Å². The summed E-state index contributed by atoms with van der Waals surface area (Å²) in [5.74, 6) is -1.30. The van der Waals surface area contributed by atoms with Crippen molar-refractivity contribution in [1.82, 2.24) is 15.6 Å². The zero-order valence-corrected chi connectivity index (χ0v) is 22.7. The van der Waals surface area contributed by atoms with Gasteiger partial charge in [-0.3, -0.25) is 14.6 Å². The number of aliphatic hydroxyl groups is 2. The van der Waals surface area contributed by atoms with Gasteiger partial charge < -0.3 is 35.6 Å². The molecule has 2 amide bonds. The number of nitrogens with one attached hydrogen (secondary N) is 3. The molecule has 212 valence electrons. The molecule has 0 saturated heterocycles. The summed E-state index contributed by atoms with van der Waals surface area (Å²) in [5.41, 5.74) is 1.65. The Hall–Kier alpha value is -4.65. The van der Waals surface area contributed by atoms with Crippen LogP contribution in [-0.4, -0.2) is 58.5 Å². The van der Waals surface area contributed by atoms with Crippen molar-refractivity contribution in [3.63, 3.8) is 0 Å². The molecule has 4 aromatic rings. The van der Waals surface area contributed by atoms with Crippen molar-refractivity contribution in [2.24, 2.45) is 0 Å². The molecule has 41 heavy (non-hydrogen) atoms. The van der Waals surface area contributed by atoms with E-state index in [9.17, 15) is 19.8 Å². The van der Waals surface area contributed by atoms with Crippen molar-refractivity contribution in [2.75, 3.05) is 25.6 Å². The molecule has 12 heteroatoms. The van der Waals surface area contributed by atoms with Crippen molar-refractivity contribution < 1.29 is 33.7 Å². The van der Waals surface area contributed by atoms with Crippen molar-refractivity contribution >= 4 is 45.7 Å². The second-order valence-electron chi connectivity index (χ2n) is 8.83.